The highest BCUT2D eigenvalue weighted by Gasteiger charge is 2.30. The largest absolute Gasteiger partial charge is 0.485 e. The average molecular weight is 342 g/mol. The lowest BCUT2D eigenvalue weighted by molar-refractivity contribution is -0.130. The molecule has 1 amide bonds. The van der Waals surface area contributed by atoms with Crippen molar-refractivity contribution in [1.29, 1.82) is 0 Å². The van der Waals surface area contributed by atoms with Crippen molar-refractivity contribution in [3.63, 3.8) is 0 Å². The summed E-state index contributed by atoms with van der Waals surface area (Å²) in [5.74, 6) is 2.01. The highest BCUT2D eigenvalue weighted by Crippen LogP contribution is 2.31. The van der Waals surface area contributed by atoms with E-state index in [1.165, 1.54) is 12.8 Å². The van der Waals surface area contributed by atoms with Crippen molar-refractivity contribution in [1.82, 2.24) is 10.2 Å². The SMILES string of the molecule is O=C(NCC(c1ccco1)N1CCCC1)C1COc2ccccc2O1. The van der Waals surface area contributed by atoms with Gasteiger partial charge in [-0.3, -0.25) is 9.69 Å². The molecule has 4 rings (SSSR count). The Morgan fingerprint density at radius 2 is 1.96 bits per heavy atom. The van der Waals surface area contributed by atoms with Gasteiger partial charge < -0.3 is 19.2 Å². The number of fused-ring (bicyclic) bond motifs is 1. The molecule has 6 heteroatoms. The Labute approximate surface area is 146 Å². The Kier molecular flexibility index (Phi) is 4.61. The molecule has 0 spiro atoms. The number of likely N-dealkylation sites (tertiary alicyclic amines) is 1. The first kappa shape index (κ1) is 16.0. The third-order valence-electron chi connectivity index (χ3n) is 4.72. The summed E-state index contributed by atoms with van der Waals surface area (Å²) in [4.78, 5) is 14.9. The fraction of sp³-hybridized carbons (Fsp3) is 0.421. The van der Waals surface area contributed by atoms with Crippen LogP contribution < -0.4 is 14.8 Å². The zero-order valence-corrected chi connectivity index (χ0v) is 14.0. The van der Waals surface area contributed by atoms with Crippen molar-refractivity contribution in [3.05, 3.63) is 48.4 Å². The standard InChI is InChI=1S/C19H22N2O4/c22-19(18-13-24-16-6-1-2-7-17(16)25-18)20-12-14(15-8-5-11-23-15)21-9-3-4-10-21/h1-2,5-8,11,14,18H,3-4,9-10,12-13H2,(H,20,22). The lowest BCUT2D eigenvalue weighted by Crippen LogP contribution is -2.46. The number of furan rings is 1. The van der Waals surface area contributed by atoms with Crippen LogP contribution in [0.5, 0.6) is 11.5 Å². The number of para-hydroxylation sites is 2. The third-order valence-corrected chi connectivity index (χ3v) is 4.72. The zero-order chi connectivity index (χ0) is 17.1. The molecule has 1 saturated heterocycles. The van der Waals surface area contributed by atoms with E-state index in [0.29, 0.717) is 18.0 Å². The van der Waals surface area contributed by atoms with Crippen molar-refractivity contribution in [2.75, 3.05) is 26.2 Å². The van der Waals surface area contributed by atoms with Gasteiger partial charge in [0.15, 0.2) is 11.5 Å². The van der Waals surface area contributed by atoms with Gasteiger partial charge in [-0.05, 0) is 50.2 Å². The Bertz CT molecular complexity index is 710. The first-order valence-corrected chi connectivity index (χ1v) is 8.75. The van der Waals surface area contributed by atoms with E-state index in [2.05, 4.69) is 10.2 Å². The molecule has 1 N–H and O–H groups in total. The average Bonchev–Trinajstić information content (AvgIpc) is 3.36. The molecule has 1 fully saturated rings. The Morgan fingerprint density at radius 1 is 1.16 bits per heavy atom. The van der Waals surface area contributed by atoms with Crippen molar-refractivity contribution in [2.45, 2.75) is 25.0 Å². The molecule has 0 bridgehead atoms. The minimum Gasteiger partial charge on any atom is -0.485 e. The highest BCUT2D eigenvalue weighted by atomic mass is 16.6. The lowest BCUT2D eigenvalue weighted by atomic mass is 10.2. The summed E-state index contributed by atoms with van der Waals surface area (Å²) >= 11 is 0. The molecule has 2 aliphatic rings. The molecule has 1 aromatic heterocycles. The van der Waals surface area contributed by atoms with Crippen LogP contribution in [0.4, 0.5) is 0 Å². The first-order chi connectivity index (χ1) is 12.3. The van der Waals surface area contributed by atoms with Gasteiger partial charge in [-0.1, -0.05) is 12.1 Å². The van der Waals surface area contributed by atoms with Crippen molar-refractivity contribution in [2.24, 2.45) is 0 Å². The monoisotopic (exact) mass is 342 g/mol. The number of hydrogen-bond acceptors (Lipinski definition) is 5. The van der Waals surface area contributed by atoms with Crippen LogP contribution in [0.25, 0.3) is 0 Å². The molecule has 0 saturated carbocycles. The molecule has 132 valence electrons. The molecule has 25 heavy (non-hydrogen) atoms. The van der Waals surface area contributed by atoms with Gasteiger partial charge in [0, 0.05) is 6.54 Å². The molecule has 2 atom stereocenters. The van der Waals surface area contributed by atoms with Crippen LogP contribution in [0.3, 0.4) is 0 Å². The summed E-state index contributed by atoms with van der Waals surface area (Å²) < 4.78 is 17.0. The van der Waals surface area contributed by atoms with Crippen LogP contribution in [0.2, 0.25) is 0 Å². The predicted molar refractivity (Wildman–Crippen MR) is 91.6 cm³/mol. The number of hydrogen-bond donors (Lipinski definition) is 1. The smallest absolute Gasteiger partial charge is 0.264 e. The summed E-state index contributed by atoms with van der Waals surface area (Å²) in [5, 5.41) is 3.00. The van der Waals surface area contributed by atoms with Crippen LogP contribution in [-0.4, -0.2) is 43.2 Å². The van der Waals surface area contributed by atoms with E-state index in [1.54, 1.807) is 6.26 Å². The topological polar surface area (TPSA) is 63.9 Å². The Hall–Kier alpha value is -2.47. The van der Waals surface area contributed by atoms with E-state index in [9.17, 15) is 4.79 Å². The van der Waals surface area contributed by atoms with Crippen LogP contribution >= 0.6 is 0 Å². The first-order valence-electron chi connectivity index (χ1n) is 8.75. The van der Waals surface area contributed by atoms with Gasteiger partial charge in [-0.25, -0.2) is 0 Å². The number of rotatable bonds is 5. The number of nitrogens with zero attached hydrogens (tertiary/aromatic N) is 1. The molecule has 2 aromatic rings. The minimum atomic E-state index is -0.634. The van der Waals surface area contributed by atoms with E-state index in [0.717, 1.165) is 18.8 Å². The van der Waals surface area contributed by atoms with E-state index in [-0.39, 0.29) is 18.6 Å². The van der Waals surface area contributed by atoms with Crippen molar-refractivity contribution >= 4 is 5.91 Å². The number of benzene rings is 1. The third kappa shape index (κ3) is 3.49. The number of ether oxygens (including phenoxy) is 2. The van der Waals surface area contributed by atoms with Crippen molar-refractivity contribution in [3.8, 4) is 11.5 Å². The van der Waals surface area contributed by atoms with Gasteiger partial charge in [-0.2, -0.15) is 0 Å². The number of carbonyl (C=O) groups excluding carboxylic acids is 1. The number of nitrogens with one attached hydrogen (secondary N) is 1. The lowest BCUT2D eigenvalue weighted by Gasteiger charge is -2.28. The summed E-state index contributed by atoms with van der Waals surface area (Å²) in [6.45, 7) is 2.77. The second-order valence-corrected chi connectivity index (χ2v) is 6.38. The highest BCUT2D eigenvalue weighted by molar-refractivity contribution is 5.81. The fourth-order valence-corrected chi connectivity index (χ4v) is 3.40. The second kappa shape index (κ2) is 7.19. The molecular formula is C19H22N2O4. The van der Waals surface area contributed by atoms with Crippen LogP contribution in [0, 0.1) is 0 Å². The van der Waals surface area contributed by atoms with Gasteiger partial charge in [0.2, 0.25) is 6.10 Å². The molecule has 1 aromatic carbocycles. The Morgan fingerprint density at radius 3 is 2.72 bits per heavy atom. The maximum atomic E-state index is 12.5. The molecular weight excluding hydrogens is 320 g/mol. The summed E-state index contributed by atoms with van der Waals surface area (Å²) in [6.07, 6.45) is 3.41. The molecule has 0 radical (unpaired) electrons. The number of amides is 1. The molecule has 2 aliphatic heterocycles. The molecule has 0 aliphatic carbocycles. The molecule has 3 heterocycles. The fourth-order valence-electron chi connectivity index (χ4n) is 3.40. The van der Waals surface area contributed by atoms with Gasteiger partial charge in [0.25, 0.3) is 5.91 Å². The minimum absolute atomic E-state index is 0.0539. The Balaban J connectivity index is 1.38. The van der Waals surface area contributed by atoms with Gasteiger partial charge >= 0.3 is 0 Å². The molecule has 2 unspecified atom stereocenters. The van der Waals surface area contributed by atoms with Gasteiger partial charge in [0.1, 0.15) is 12.4 Å². The normalized spacial score (nSPS) is 21.0. The van der Waals surface area contributed by atoms with Crippen LogP contribution in [0.1, 0.15) is 24.6 Å². The maximum absolute atomic E-state index is 12.5. The summed E-state index contributed by atoms with van der Waals surface area (Å²) in [6, 6.07) is 11.3. The summed E-state index contributed by atoms with van der Waals surface area (Å²) in [5.41, 5.74) is 0. The zero-order valence-electron chi connectivity index (χ0n) is 14.0. The van der Waals surface area contributed by atoms with Gasteiger partial charge in [0.05, 0.1) is 12.3 Å². The van der Waals surface area contributed by atoms with E-state index in [1.807, 2.05) is 36.4 Å². The quantitative estimate of drug-likeness (QED) is 0.904. The molecule has 6 nitrogen and oxygen atoms in total. The van der Waals surface area contributed by atoms with Crippen molar-refractivity contribution < 1.29 is 18.7 Å². The maximum Gasteiger partial charge on any atom is 0.264 e. The van der Waals surface area contributed by atoms with Crippen LogP contribution in [0.15, 0.2) is 47.1 Å². The van der Waals surface area contributed by atoms with E-state index < -0.39 is 6.10 Å². The van der Waals surface area contributed by atoms with E-state index >= 15 is 0 Å². The predicted octanol–water partition coefficient (Wildman–Crippen LogP) is 2.37. The summed E-state index contributed by atoms with van der Waals surface area (Å²) in [7, 11) is 0. The second-order valence-electron chi connectivity index (χ2n) is 6.38. The number of carbonyl (C=O) groups is 1. The van der Waals surface area contributed by atoms with Gasteiger partial charge in [-0.15, -0.1) is 0 Å². The van der Waals surface area contributed by atoms with Crippen LogP contribution in [-0.2, 0) is 4.79 Å². The van der Waals surface area contributed by atoms with E-state index in [4.69, 9.17) is 13.9 Å².